The molecule has 5 fully saturated rings. The first kappa shape index (κ1) is 28.0. The third-order valence-corrected chi connectivity index (χ3v) is 14.2. The predicted octanol–water partition coefficient (Wildman–Crippen LogP) is 8.99. The Kier molecular flexibility index (Phi) is 6.24. The van der Waals surface area contributed by atoms with Gasteiger partial charge in [0.05, 0.1) is 5.41 Å². The number of allylic oxidation sites excluding steroid dienone is 2. The lowest BCUT2D eigenvalue weighted by atomic mass is 9.32. The molecule has 0 amide bonds. The van der Waals surface area contributed by atoms with Gasteiger partial charge in [-0.25, -0.2) is 0 Å². The average Bonchev–Trinajstić information content (AvgIpc) is 3.30. The Morgan fingerprint density at radius 3 is 2.25 bits per heavy atom. The van der Waals surface area contributed by atoms with E-state index in [1.807, 2.05) is 6.07 Å². The number of carboxylic acids is 1. The Labute approximate surface area is 241 Å². The maximum absolute atomic E-state index is 14.0. The predicted molar refractivity (Wildman–Crippen MR) is 161 cm³/mol. The molecular weight excluding hydrogens is 492 g/mol. The van der Waals surface area contributed by atoms with E-state index in [4.69, 9.17) is 0 Å². The smallest absolute Gasteiger partial charge is 0.309 e. The Bertz CT molecular complexity index is 1270. The third-order valence-electron chi connectivity index (χ3n) is 14.2. The van der Waals surface area contributed by atoms with Crippen LogP contribution in [-0.4, -0.2) is 16.9 Å². The summed E-state index contributed by atoms with van der Waals surface area (Å²) >= 11 is 0. The molecule has 0 radical (unpaired) electrons. The fourth-order valence-corrected chi connectivity index (χ4v) is 12.2. The van der Waals surface area contributed by atoms with Crippen molar-refractivity contribution >= 4 is 17.8 Å². The summed E-state index contributed by atoms with van der Waals surface area (Å²) in [6.45, 7) is 18.6. The maximum atomic E-state index is 14.0. The highest BCUT2D eigenvalue weighted by atomic mass is 16.4. The average molecular weight is 543 g/mol. The molecule has 0 bridgehead atoms. The third kappa shape index (κ3) is 3.48. The standard InChI is InChI=1S/C37H50O3/c1-23(2)26-15-18-37(32(39)40)20-19-35(6)27(30(26)37)13-14-29-34(5)22-25(21-24-11-9-8-10-12-24)31(38)33(3,4)28(34)16-17-36(29,35)7/h8-12,21,26-30H,1,13-20,22H2,2-7H3,(H,39,40)/t26-,27?,28?,29?,30?,34-,35+,36+,37?/m0/s1. The van der Waals surface area contributed by atoms with E-state index in [1.165, 1.54) is 5.57 Å². The van der Waals surface area contributed by atoms with Crippen LogP contribution in [0.5, 0.6) is 0 Å². The number of Topliss-reactive ketones (excluding diaryl/α,β-unsaturated/α-hetero) is 1. The molecule has 3 heteroatoms. The number of ketones is 1. The molecule has 5 unspecified atom stereocenters. The molecule has 5 aliphatic carbocycles. The lowest BCUT2D eigenvalue weighted by molar-refractivity contribution is -0.231. The van der Waals surface area contributed by atoms with Gasteiger partial charge >= 0.3 is 5.97 Å². The van der Waals surface area contributed by atoms with Crippen LogP contribution >= 0.6 is 0 Å². The van der Waals surface area contributed by atoms with Gasteiger partial charge in [0.1, 0.15) is 0 Å². The quantitative estimate of drug-likeness (QED) is 0.306. The van der Waals surface area contributed by atoms with E-state index < -0.39 is 11.4 Å². The molecule has 9 atom stereocenters. The molecule has 0 aromatic heterocycles. The summed E-state index contributed by atoms with van der Waals surface area (Å²) in [5.74, 6) is 1.60. The van der Waals surface area contributed by atoms with E-state index >= 15 is 0 Å². The van der Waals surface area contributed by atoms with Gasteiger partial charge in [-0.05, 0) is 128 Å². The van der Waals surface area contributed by atoms with E-state index in [-0.39, 0.29) is 27.6 Å². The Balaban J connectivity index is 1.42. The van der Waals surface area contributed by atoms with E-state index in [9.17, 15) is 14.7 Å². The number of hydrogen-bond acceptors (Lipinski definition) is 2. The van der Waals surface area contributed by atoms with E-state index in [0.717, 1.165) is 68.9 Å². The topological polar surface area (TPSA) is 54.4 Å². The molecule has 3 nitrogen and oxygen atoms in total. The van der Waals surface area contributed by atoms with Crippen LogP contribution in [0.25, 0.3) is 6.08 Å². The van der Waals surface area contributed by atoms with Crippen molar-refractivity contribution in [3.63, 3.8) is 0 Å². The van der Waals surface area contributed by atoms with Crippen molar-refractivity contribution in [1.82, 2.24) is 0 Å². The highest BCUT2D eigenvalue weighted by Crippen LogP contribution is 2.77. The summed E-state index contributed by atoms with van der Waals surface area (Å²) in [5, 5.41) is 10.6. The zero-order valence-corrected chi connectivity index (χ0v) is 25.7. The van der Waals surface area contributed by atoms with Gasteiger partial charge in [-0.1, -0.05) is 77.1 Å². The van der Waals surface area contributed by atoms with Crippen LogP contribution in [0.3, 0.4) is 0 Å². The number of fused-ring (bicyclic) bond motifs is 7. The van der Waals surface area contributed by atoms with Crippen LogP contribution in [0.4, 0.5) is 0 Å². The second-order valence-electron chi connectivity index (χ2n) is 16.0. The number of benzene rings is 1. The monoisotopic (exact) mass is 542 g/mol. The van der Waals surface area contributed by atoms with E-state index in [1.54, 1.807) is 0 Å². The molecule has 0 heterocycles. The molecule has 1 N–H and O–H groups in total. The van der Waals surface area contributed by atoms with Crippen molar-refractivity contribution in [1.29, 1.82) is 0 Å². The number of rotatable bonds is 3. The molecule has 0 spiro atoms. The summed E-state index contributed by atoms with van der Waals surface area (Å²) in [6.07, 6.45) is 11.1. The van der Waals surface area contributed by atoms with E-state index in [0.29, 0.717) is 29.5 Å². The van der Waals surface area contributed by atoms with Gasteiger partial charge in [0.25, 0.3) is 0 Å². The number of carbonyl (C=O) groups is 2. The molecule has 5 aliphatic rings. The highest BCUT2D eigenvalue weighted by molar-refractivity contribution is 6.04. The van der Waals surface area contributed by atoms with Gasteiger partial charge in [0, 0.05) is 5.41 Å². The van der Waals surface area contributed by atoms with Crippen LogP contribution in [0.2, 0.25) is 0 Å². The van der Waals surface area contributed by atoms with Crippen LogP contribution in [0.15, 0.2) is 48.1 Å². The lowest BCUT2D eigenvalue weighted by Gasteiger charge is -2.72. The zero-order chi connectivity index (χ0) is 28.9. The molecule has 0 aliphatic heterocycles. The normalized spacial score (nSPS) is 46.6. The Morgan fingerprint density at radius 2 is 1.60 bits per heavy atom. The number of carbonyl (C=O) groups excluding carboxylic acids is 1. The van der Waals surface area contributed by atoms with Gasteiger partial charge in [0.2, 0.25) is 0 Å². The van der Waals surface area contributed by atoms with Gasteiger partial charge in [-0.15, -0.1) is 0 Å². The number of aliphatic carboxylic acids is 1. The minimum atomic E-state index is -0.580. The first-order valence-electron chi connectivity index (χ1n) is 15.9. The molecule has 1 aromatic rings. The van der Waals surface area contributed by atoms with Crippen molar-refractivity contribution in [3.05, 3.63) is 53.6 Å². The Morgan fingerprint density at radius 1 is 0.900 bits per heavy atom. The SMILES string of the molecule is C=C(C)[C@@H]1CCC2(C(=O)O)CC[C@]3(C)C(CCC4[C@@]5(C)CC(=Cc6ccccc6)C(=O)C(C)(C)C5CC[C@]43C)C12. The van der Waals surface area contributed by atoms with E-state index in [2.05, 4.69) is 78.5 Å². The van der Waals surface area contributed by atoms with Crippen molar-refractivity contribution < 1.29 is 14.7 Å². The van der Waals surface area contributed by atoms with Crippen molar-refractivity contribution in [2.24, 2.45) is 56.7 Å². The lowest BCUT2D eigenvalue weighted by Crippen LogP contribution is -2.67. The fourth-order valence-electron chi connectivity index (χ4n) is 12.2. The molecular formula is C37H50O3. The second kappa shape index (κ2) is 8.92. The summed E-state index contributed by atoms with van der Waals surface area (Å²) in [6, 6.07) is 10.3. The number of hydrogen-bond donors (Lipinski definition) is 1. The first-order chi connectivity index (χ1) is 18.7. The molecule has 216 valence electrons. The van der Waals surface area contributed by atoms with Crippen LogP contribution in [0, 0.1) is 56.7 Å². The summed E-state index contributed by atoms with van der Waals surface area (Å²) in [7, 11) is 0. The van der Waals surface area contributed by atoms with Crippen molar-refractivity contribution in [3.8, 4) is 0 Å². The molecule has 5 saturated carbocycles. The Hall–Kier alpha value is -2.16. The molecule has 6 rings (SSSR count). The second-order valence-corrected chi connectivity index (χ2v) is 16.0. The highest BCUT2D eigenvalue weighted by Gasteiger charge is 2.72. The largest absolute Gasteiger partial charge is 0.481 e. The summed E-state index contributed by atoms with van der Waals surface area (Å²) in [5.41, 5.74) is 2.60. The first-order valence-corrected chi connectivity index (χ1v) is 15.9. The molecule has 1 aromatic carbocycles. The summed E-state index contributed by atoms with van der Waals surface area (Å²) < 4.78 is 0. The van der Waals surface area contributed by atoms with Crippen molar-refractivity contribution in [2.45, 2.75) is 99.3 Å². The summed E-state index contributed by atoms with van der Waals surface area (Å²) in [4.78, 5) is 26.9. The van der Waals surface area contributed by atoms with Gasteiger partial charge in [-0.2, -0.15) is 0 Å². The zero-order valence-electron chi connectivity index (χ0n) is 25.7. The van der Waals surface area contributed by atoms with Crippen molar-refractivity contribution in [2.75, 3.05) is 0 Å². The van der Waals surface area contributed by atoms with Crippen LogP contribution < -0.4 is 0 Å². The minimum absolute atomic E-state index is 0.0454. The van der Waals surface area contributed by atoms with Crippen LogP contribution in [0.1, 0.15) is 105 Å². The van der Waals surface area contributed by atoms with Gasteiger partial charge in [0.15, 0.2) is 5.78 Å². The maximum Gasteiger partial charge on any atom is 0.309 e. The fraction of sp³-hybridized carbons (Fsp3) is 0.676. The van der Waals surface area contributed by atoms with Crippen LogP contribution in [-0.2, 0) is 9.59 Å². The van der Waals surface area contributed by atoms with Gasteiger partial charge < -0.3 is 5.11 Å². The molecule has 0 saturated heterocycles. The van der Waals surface area contributed by atoms with Gasteiger partial charge in [-0.3, -0.25) is 9.59 Å². The number of carboxylic acid groups (broad SMARTS) is 1. The molecule has 40 heavy (non-hydrogen) atoms. The minimum Gasteiger partial charge on any atom is -0.481 e.